The van der Waals surface area contributed by atoms with Crippen molar-refractivity contribution in [1.82, 2.24) is 10.2 Å². The molecule has 0 radical (unpaired) electrons. The van der Waals surface area contributed by atoms with Gasteiger partial charge in [-0.05, 0) is 70.0 Å². The molecule has 2 N–H and O–H groups in total. The highest BCUT2D eigenvalue weighted by atomic mass is 16.7. The molecule has 1 aliphatic carbocycles. The second kappa shape index (κ2) is 12.2. The number of aliphatic hydroxyl groups excluding tert-OH is 1. The zero-order chi connectivity index (χ0) is 30.2. The standard InChI is InChI=1S/C37H46N2O4/c1-25(41)38-20-27-7-5-8-29(15-27)30-9-6-10-31(16-30)35-42-33(17-34(43-35)28-13-11-26(22-40)12-14-28)21-39-24-37(4)19-32(39)18-36(2,3)23-37/h5-16,32-35,40H,17-24H2,1-4H3,(H,38,41)/t32?,33-,34+,35+,37?/m0/s1. The number of rotatable bonds is 8. The van der Waals surface area contributed by atoms with E-state index in [9.17, 15) is 9.90 Å². The minimum absolute atomic E-state index is 0.0322. The van der Waals surface area contributed by atoms with Crippen LogP contribution in [0.1, 0.15) is 88.0 Å². The van der Waals surface area contributed by atoms with Crippen LogP contribution < -0.4 is 5.32 Å². The Labute approximate surface area is 256 Å². The highest BCUT2D eigenvalue weighted by Crippen LogP contribution is 2.53. The summed E-state index contributed by atoms with van der Waals surface area (Å²) >= 11 is 0. The van der Waals surface area contributed by atoms with Crippen LogP contribution in [0.15, 0.2) is 72.8 Å². The minimum Gasteiger partial charge on any atom is -0.392 e. The van der Waals surface area contributed by atoms with Gasteiger partial charge in [-0.1, -0.05) is 81.4 Å². The fourth-order valence-corrected chi connectivity index (χ4v) is 8.04. The Hall–Kier alpha value is -3.03. The summed E-state index contributed by atoms with van der Waals surface area (Å²) in [6.45, 7) is 11.4. The molecule has 2 heterocycles. The van der Waals surface area contributed by atoms with Gasteiger partial charge in [-0.2, -0.15) is 0 Å². The molecule has 1 saturated carbocycles. The van der Waals surface area contributed by atoms with Gasteiger partial charge in [0.15, 0.2) is 6.29 Å². The van der Waals surface area contributed by atoms with Crippen LogP contribution in [0.2, 0.25) is 0 Å². The van der Waals surface area contributed by atoms with E-state index in [2.05, 4.69) is 79.5 Å². The van der Waals surface area contributed by atoms with Crippen LogP contribution in [-0.4, -0.2) is 41.1 Å². The largest absolute Gasteiger partial charge is 0.392 e. The van der Waals surface area contributed by atoms with Gasteiger partial charge in [-0.3, -0.25) is 9.69 Å². The number of ether oxygens (including phenoxy) is 2. The third-order valence-electron chi connectivity index (χ3n) is 9.54. The molecule has 6 heteroatoms. The minimum atomic E-state index is -0.488. The van der Waals surface area contributed by atoms with E-state index in [1.165, 1.54) is 26.2 Å². The number of aliphatic hydroxyl groups is 1. The Morgan fingerprint density at radius 1 is 0.930 bits per heavy atom. The van der Waals surface area contributed by atoms with E-state index in [4.69, 9.17) is 9.47 Å². The van der Waals surface area contributed by atoms with E-state index in [1.807, 2.05) is 24.3 Å². The van der Waals surface area contributed by atoms with Crippen molar-refractivity contribution in [2.45, 2.75) is 91.1 Å². The lowest BCUT2D eigenvalue weighted by molar-refractivity contribution is -0.253. The molecule has 43 heavy (non-hydrogen) atoms. The summed E-state index contributed by atoms with van der Waals surface area (Å²) in [5.41, 5.74) is 7.00. The summed E-state index contributed by atoms with van der Waals surface area (Å²) in [6.07, 6.45) is 4.04. The average molecular weight is 583 g/mol. The molecule has 0 spiro atoms. The van der Waals surface area contributed by atoms with Gasteiger partial charge < -0.3 is 19.9 Å². The van der Waals surface area contributed by atoms with Gasteiger partial charge >= 0.3 is 0 Å². The van der Waals surface area contributed by atoms with Crippen LogP contribution in [0.3, 0.4) is 0 Å². The first-order chi connectivity index (χ1) is 20.6. The van der Waals surface area contributed by atoms with Gasteiger partial charge in [-0.25, -0.2) is 0 Å². The van der Waals surface area contributed by atoms with Crippen molar-refractivity contribution in [1.29, 1.82) is 0 Å². The number of nitrogens with zero attached hydrogens (tertiary/aromatic N) is 1. The zero-order valence-electron chi connectivity index (χ0n) is 26.0. The van der Waals surface area contributed by atoms with E-state index in [0.717, 1.165) is 52.9 Å². The maximum Gasteiger partial charge on any atom is 0.217 e. The van der Waals surface area contributed by atoms with E-state index >= 15 is 0 Å². The molecule has 5 atom stereocenters. The molecule has 2 unspecified atom stereocenters. The molecule has 2 aliphatic heterocycles. The smallest absolute Gasteiger partial charge is 0.217 e. The third-order valence-corrected chi connectivity index (χ3v) is 9.54. The summed E-state index contributed by atoms with van der Waals surface area (Å²) in [5.74, 6) is -0.0377. The highest BCUT2D eigenvalue weighted by Gasteiger charge is 2.50. The second-order valence-electron chi connectivity index (χ2n) is 14.2. The molecule has 3 aromatic rings. The summed E-state index contributed by atoms with van der Waals surface area (Å²) in [5, 5.41) is 12.5. The van der Waals surface area contributed by atoms with Gasteiger partial charge in [0.1, 0.15) is 0 Å². The molecule has 1 amide bonds. The fraction of sp³-hybridized carbons (Fsp3) is 0.486. The number of amides is 1. The van der Waals surface area contributed by atoms with Crippen LogP contribution in [0.4, 0.5) is 0 Å². The zero-order valence-corrected chi connectivity index (χ0v) is 26.0. The fourth-order valence-electron chi connectivity index (χ4n) is 8.04. The highest BCUT2D eigenvalue weighted by molar-refractivity contribution is 5.73. The summed E-state index contributed by atoms with van der Waals surface area (Å²) in [6, 6.07) is 25.5. The van der Waals surface area contributed by atoms with E-state index in [0.29, 0.717) is 23.4 Å². The second-order valence-corrected chi connectivity index (χ2v) is 14.2. The van der Waals surface area contributed by atoms with Crippen molar-refractivity contribution in [3.05, 3.63) is 95.1 Å². The first kappa shape index (κ1) is 30.0. The quantitative estimate of drug-likeness (QED) is 0.302. The van der Waals surface area contributed by atoms with Crippen LogP contribution in [-0.2, 0) is 27.4 Å². The monoisotopic (exact) mass is 582 g/mol. The molecule has 0 aromatic heterocycles. The number of nitrogens with one attached hydrogen (secondary N) is 1. The Balaban J connectivity index is 1.25. The van der Waals surface area contributed by atoms with Crippen molar-refractivity contribution in [3.63, 3.8) is 0 Å². The molecule has 228 valence electrons. The lowest BCUT2D eigenvalue weighted by Gasteiger charge is -2.41. The van der Waals surface area contributed by atoms with Gasteiger partial charge in [0.25, 0.3) is 0 Å². The molecule has 3 aliphatic rings. The number of hydrogen-bond donors (Lipinski definition) is 2. The summed E-state index contributed by atoms with van der Waals surface area (Å²) < 4.78 is 13.5. The van der Waals surface area contributed by atoms with E-state index < -0.39 is 6.29 Å². The Morgan fingerprint density at radius 2 is 1.67 bits per heavy atom. The van der Waals surface area contributed by atoms with Crippen molar-refractivity contribution in [3.8, 4) is 11.1 Å². The lowest BCUT2D eigenvalue weighted by Crippen LogP contribution is -2.42. The van der Waals surface area contributed by atoms with E-state index in [1.54, 1.807) is 0 Å². The summed E-state index contributed by atoms with van der Waals surface area (Å²) in [7, 11) is 0. The van der Waals surface area contributed by atoms with Crippen LogP contribution in [0, 0.1) is 10.8 Å². The van der Waals surface area contributed by atoms with Gasteiger partial charge in [-0.15, -0.1) is 0 Å². The number of hydrogen-bond acceptors (Lipinski definition) is 5. The number of carbonyl (C=O) groups is 1. The Kier molecular flexibility index (Phi) is 8.49. The van der Waals surface area contributed by atoms with E-state index in [-0.39, 0.29) is 24.7 Å². The van der Waals surface area contributed by atoms with Crippen molar-refractivity contribution in [2.75, 3.05) is 13.1 Å². The molecule has 3 aromatic carbocycles. The molecular weight excluding hydrogens is 536 g/mol. The summed E-state index contributed by atoms with van der Waals surface area (Å²) in [4.78, 5) is 14.1. The number of benzene rings is 3. The van der Waals surface area contributed by atoms with Gasteiger partial charge in [0.05, 0.1) is 18.8 Å². The number of likely N-dealkylation sites (tertiary alicyclic amines) is 1. The number of carbonyl (C=O) groups excluding carboxylic acids is 1. The van der Waals surface area contributed by atoms with Crippen molar-refractivity contribution >= 4 is 5.91 Å². The van der Waals surface area contributed by atoms with Crippen LogP contribution >= 0.6 is 0 Å². The average Bonchev–Trinajstić information content (AvgIpc) is 3.23. The predicted molar refractivity (Wildman–Crippen MR) is 169 cm³/mol. The Morgan fingerprint density at radius 3 is 2.42 bits per heavy atom. The topological polar surface area (TPSA) is 71.0 Å². The maximum atomic E-state index is 11.4. The molecule has 2 bridgehead atoms. The molecular formula is C37H46N2O4. The SMILES string of the molecule is CC(=O)NCc1cccc(-c2cccc([C@@H]3O[C@H](CN4CC5(C)CC4CC(C)(C)C5)C[C@H](c4ccc(CO)cc4)O3)c2)c1. The van der Waals surface area contributed by atoms with Gasteiger partial charge in [0, 0.05) is 44.6 Å². The molecule has 2 saturated heterocycles. The third kappa shape index (κ3) is 7.04. The van der Waals surface area contributed by atoms with Crippen LogP contribution in [0.5, 0.6) is 0 Å². The molecule has 6 rings (SSSR count). The van der Waals surface area contributed by atoms with Gasteiger partial charge in [0.2, 0.25) is 5.91 Å². The first-order valence-corrected chi connectivity index (χ1v) is 15.8. The first-order valence-electron chi connectivity index (χ1n) is 15.8. The number of fused-ring (bicyclic) bond motifs is 2. The van der Waals surface area contributed by atoms with Crippen molar-refractivity contribution < 1.29 is 19.4 Å². The molecule has 3 fully saturated rings. The van der Waals surface area contributed by atoms with Crippen LogP contribution in [0.25, 0.3) is 11.1 Å². The lowest BCUT2D eigenvalue weighted by atomic mass is 9.65. The Bertz CT molecular complexity index is 1440. The normalized spacial score (nSPS) is 28.5. The maximum absolute atomic E-state index is 11.4. The van der Waals surface area contributed by atoms with Crippen molar-refractivity contribution in [2.24, 2.45) is 10.8 Å². The molecule has 6 nitrogen and oxygen atoms in total. The predicted octanol–water partition coefficient (Wildman–Crippen LogP) is 6.93.